The molecule has 2 rings (SSSR count). The van der Waals surface area contributed by atoms with Crippen molar-refractivity contribution in [1.29, 1.82) is 0 Å². The second kappa shape index (κ2) is 12.2. The summed E-state index contributed by atoms with van der Waals surface area (Å²) in [5, 5.41) is 1.72. The van der Waals surface area contributed by atoms with Gasteiger partial charge in [-0.25, -0.2) is 0 Å². The van der Waals surface area contributed by atoms with E-state index in [1.165, 1.54) is 32.1 Å². The van der Waals surface area contributed by atoms with Gasteiger partial charge in [0.15, 0.2) is 0 Å². The first kappa shape index (κ1) is 22.9. The molecular formula is C24H36O3S. The molecule has 0 saturated heterocycles. The van der Waals surface area contributed by atoms with Gasteiger partial charge in [0.2, 0.25) is 0 Å². The van der Waals surface area contributed by atoms with Crippen LogP contribution in [0.3, 0.4) is 0 Å². The van der Waals surface area contributed by atoms with Crippen molar-refractivity contribution in [3.05, 3.63) is 42.0 Å². The molecule has 0 radical (unpaired) electrons. The first-order valence-electron chi connectivity index (χ1n) is 11.0. The van der Waals surface area contributed by atoms with Crippen LogP contribution >= 0.6 is 0 Å². The van der Waals surface area contributed by atoms with Crippen LogP contribution in [0.15, 0.2) is 41.3 Å². The molecule has 0 atom stereocenters. The Hall–Kier alpha value is -1.39. The number of hydrogen-bond acceptors (Lipinski definition) is 3. The molecule has 0 aliphatic carbocycles. The van der Waals surface area contributed by atoms with Crippen molar-refractivity contribution in [1.82, 2.24) is 0 Å². The fourth-order valence-corrected chi connectivity index (χ4v) is 5.03. The highest BCUT2D eigenvalue weighted by atomic mass is 32.2. The van der Waals surface area contributed by atoms with E-state index < -0.39 is 10.1 Å². The van der Waals surface area contributed by atoms with Crippen molar-refractivity contribution in [3.63, 3.8) is 0 Å². The van der Waals surface area contributed by atoms with E-state index in [2.05, 4.69) is 13.8 Å². The Labute approximate surface area is 171 Å². The zero-order chi connectivity index (χ0) is 20.2. The molecule has 4 heteroatoms. The fourth-order valence-electron chi connectivity index (χ4n) is 3.63. The van der Waals surface area contributed by atoms with Crippen LogP contribution in [0.5, 0.6) is 0 Å². The lowest BCUT2D eigenvalue weighted by atomic mass is 10.0. The summed E-state index contributed by atoms with van der Waals surface area (Å²) in [5.41, 5.74) is 0.890. The van der Waals surface area contributed by atoms with Crippen molar-refractivity contribution in [3.8, 4) is 0 Å². The SMILES string of the molecule is CCCCCCCOS(=O)(=O)c1c(CCCCCCC)ccc2ccccc12. The van der Waals surface area contributed by atoms with Crippen molar-refractivity contribution >= 4 is 20.9 Å². The average molecular weight is 405 g/mol. The summed E-state index contributed by atoms with van der Waals surface area (Å²) in [5.74, 6) is 0. The maximum absolute atomic E-state index is 13.1. The summed E-state index contributed by atoms with van der Waals surface area (Å²) in [6, 6.07) is 11.7. The summed E-state index contributed by atoms with van der Waals surface area (Å²) in [4.78, 5) is 0.384. The second-order valence-corrected chi connectivity index (χ2v) is 9.18. The van der Waals surface area contributed by atoms with E-state index in [0.717, 1.165) is 54.9 Å². The normalized spacial score (nSPS) is 11.9. The molecule has 28 heavy (non-hydrogen) atoms. The number of unbranched alkanes of at least 4 members (excludes halogenated alkanes) is 8. The van der Waals surface area contributed by atoms with E-state index in [4.69, 9.17) is 4.18 Å². The van der Waals surface area contributed by atoms with Crippen LogP contribution in [0.2, 0.25) is 0 Å². The fraction of sp³-hybridized carbons (Fsp3) is 0.583. The molecular weight excluding hydrogens is 368 g/mol. The third-order valence-electron chi connectivity index (χ3n) is 5.25. The van der Waals surface area contributed by atoms with Crippen molar-refractivity contribution in [2.24, 2.45) is 0 Å². The molecule has 0 N–H and O–H groups in total. The lowest BCUT2D eigenvalue weighted by Crippen LogP contribution is -2.11. The minimum atomic E-state index is -3.76. The molecule has 0 saturated carbocycles. The number of benzene rings is 2. The van der Waals surface area contributed by atoms with E-state index in [9.17, 15) is 8.42 Å². The Morgan fingerprint density at radius 1 is 0.750 bits per heavy atom. The molecule has 2 aromatic carbocycles. The van der Waals surface area contributed by atoms with Crippen LogP contribution in [0.25, 0.3) is 10.8 Å². The van der Waals surface area contributed by atoms with Crippen molar-refractivity contribution in [2.45, 2.75) is 89.4 Å². The third kappa shape index (κ3) is 6.89. The molecule has 0 unspecified atom stereocenters. The highest BCUT2D eigenvalue weighted by Crippen LogP contribution is 2.30. The Bertz CT molecular complexity index is 812. The minimum absolute atomic E-state index is 0.269. The Kier molecular flexibility index (Phi) is 10.0. The quantitative estimate of drug-likeness (QED) is 0.251. The van der Waals surface area contributed by atoms with Crippen LogP contribution in [0.1, 0.15) is 83.6 Å². The minimum Gasteiger partial charge on any atom is -0.266 e. The first-order chi connectivity index (χ1) is 13.6. The smallest absolute Gasteiger partial charge is 0.266 e. The second-order valence-electron chi connectivity index (χ2n) is 7.63. The molecule has 0 amide bonds. The summed E-state index contributed by atoms with van der Waals surface area (Å²) in [6.07, 6.45) is 11.9. The van der Waals surface area contributed by atoms with Gasteiger partial charge in [0.05, 0.1) is 6.61 Å². The summed E-state index contributed by atoms with van der Waals surface area (Å²) in [7, 11) is -3.76. The van der Waals surface area contributed by atoms with Crippen LogP contribution in [-0.2, 0) is 20.7 Å². The van der Waals surface area contributed by atoms with Gasteiger partial charge in [-0.3, -0.25) is 4.18 Å². The van der Waals surface area contributed by atoms with Gasteiger partial charge >= 0.3 is 0 Å². The number of aryl methyl sites for hydroxylation is 1. The summed E-state index contributed by atoms with van der Waals surface area (Å²) < 4.78 is 31.6. The largest absolute Gasteiger partial charge is 0.297 e. The lowest BCUT2D eigenvalue weighted by Gasteiger charge is -2.14. The van der Waals surface area contributed by atoms with Gasteiger partial charge < -0.3 is 0 Å². The van der Waals surface area contributed by atoms with Crippen molar-refractivity contribution < 1.29 is 12.6 Å². The third-order valence-corrected chi connectivity index (χ3v) is 6.71. The van der Waals surface area contributed by atoms with E-state index in [1.54, 1.807) is 0 Å². The Balaban J connectivity index is 2.15. The highest BCUT2D eigenvalue weighted by Gasteiger charge is 2.22. The topological polar surface area (TPSA) is 43.4 Å². The van der Waals surface area contributed by atoms with E-state index in [-0.39, 0.29) is 6.61 Å². The van der Waals surface area contributed by atoms with Gasteiger partial charge in [0.25, 0.3) is 10.1 Å². The molecule has 0 spiro atoms. The molecule has 156 valence electrons. The number of hydrogen-bond donors (Lipinski definition) is 0. The standard InChI is InChI=1S/C24H36O3S/c1-3-5-7-9-11-16-22-19-18-21-15-12-13-17-23(21)24(22)28(25,26)27-20-14-10-8-6-4-2/h12-13,15,17-19H,3-11,14,16,20H2,1-2H3. The molecule has 0 aliphatic heterocycles. The Morgan fingerprint density at radius 3 is 2.11 bits per heavy atom. The zero-order valence-electron chi connectivity index (χ0n) is 17.6. The van der Waals surface area contributed by atoms with Crippen LogP contribution in [0, 0.1) is 0 Å². The van der Waals surface area contributed by atoms with Gasteiger partial charge in [-0.15, -0.1) is 0 Å². The molecule has 0 bridgehead atoms. The maximum atomic E-state index is 13.1. The van der Waals surface area contributed by atoms with E-state index in [1.807, 2.05) is 36.4 Å². The molecule has 3 nitrogen and oxygen atoms in total. The predicted molar refractivity (Wildman–Crippen MR) is 118 cm³/mol. The first-order valence-corrected chi connectivity index (χ1v) is 12.4. The van der Waals surface area contributed by atoms with Gasteiger partial charge in [-0.2, -0.15) is 8.42 Å². The van der Waals surface area contributed by atoms with Crippen LogP contribution < -0.4 is 0 Å². The van der Waals surface area contributed by atoms with Crippen LogP contribution in [0.4, 0.5) is 0 Å². The van der Waals surface area contributed by atoms with Crippen LogP contribution in [-0.4, -0.2) is 15.0 Å². The molecule has 0 aromatic heterocycles. The Morgan fingerprint density at radius 2 is 1.39 bits per heavy atom. The molecule has 0 heterocycles. The lowest BCUT2D eigenvalue weighted by molar-refractivity contribution is 0.306. The maximum Gasteiger partial charge on any atom is 0.297 e. The van der Waals surface area contributed by atoms with Gasteiger partial charge in [0.1, 0.15) is 4.90 Å². The number of fused-ring (bicyclic) bond motifs is 1. The highest BCUT2D eigenvalue weighted by molar-refractivity contribution is 7.87. The monoisotopic (exact) mass is 404 g/mol. The van der Waals surface area contributed by atoms with E-state index in [0.29, 0.717) is 4.90 Å². The van der Waals surface area contributed by atoms with Gasteiger partial charge in [-0.05, 0) is 30.2 Å². The van der Waals surface area contributed by atoms with E-state index >= 15 is 0 Å². The molecule has 2 aromatic rings. The molecule has 0 aliphatic rings. The summed E-state index contributed by atoms with van der Waals surface area (Å²) >= 11 is 0. The van der Waals surface area contributed by atoms with Gasteiger partial charge in [-0.1, -0.05) is 102 Å². The average Bonchev–Trinajstić information content (AvgIpc) is 2.70. The van der Waals surface area contributed by atoms with Crippen molar-refractivity contribution in [2.75, 3.05) is 6.61 Å². The summed E-state index contributed by atoms with van der Waals surface area (Å²) in [6.45, 7) is 4.64. The zero-order valence-corrected chi connectivity index (χ0v) is 18.4. The molecule has 0 fully saturated rings. The predicted octanol–water partition coefficient (Wildman–Crippen LogP) is 7.03. The van der Waals surface area contributed by atoms with Gasteiger partial charge in [0, 0.05) is 5.39 Å². The number of rotatable bonds is 14.